The van der Waals surface area contributed by atoms with Crippen LogP contribution >= 0.6 is 0 Å². The van der Waals surface area contributed by atoms with Gasteiger partial charge in [0.25, 0.3) is 0 Å². The van der Waals surface area contributed by atoms with Crippen LogP contribution in [-0.4, -0.2) is 35.2 Å². The Hall–Kier alpha value is -0.0800. The van der Waals surface area contributed by atoms with Crippen molar-refractivity contribution in [1.82, 2.24) is 4.90 Å². The Morgan fingerprint density at radius 2 is 1.75 bits per heavy atom. The average molecular weight is 169 g/mol. The fraction of sp³-hybridized carbons (Fsp3) is 1.00. The average Bonchev–Trinajstić information content (AvgIpc) is 2.54. The zero-order chi connectivity index (χ0) is 8.39. The van der Waals surface area contributed by atoms with Crippen LogP contribution in [0, 0.1) is 0 Å². The van der Waals surface area contributed by atoms with E-state index in [9.17, 15) is 5.11 Å². The Morgan fingerprint density at radius 3 is 2.33 bits per heavy atom. The van der Waals surface area contributed by atoms with Gasteiger partial charge in [0.2, 0.25) is 0 Å². The molecule has 0 bridgehead atoms. The second kappa shape index (κ2) is 3.75. The first-order valence-electron chi connectivity index (χ1n) is 5.28. The zero-order valence-electron chi connectivity index (χ0n) is 7.71. The SMILES string of the molecule is O[C@H]1CC[C@@H](N2CCCCC2)C1. The number of hydrogen-bond acceptors (Lipinski definition) is 2. The molecule has 12 heavy (non-hydrogen) atoms. The van der Waals surface area contributed by atoms with Crippen LogP contribution in [0.5, 0.6) is 0 Å². The lowest BCUT2D eigenvalue weighted by Crippen LogP contribution is -2.37. The molecule has 2 atom stereocenters. The number of rotatable bonds is 1. The van der Waals surface area contributed by atoms with E-state index in [1.54, 1.807) is 0 Å². The van der Waals surface area contributed by atoms with Crippen molar-refractivity contribution >= 4 is 0 Å². The van der Waals surface area contributed by atoms with E-state index in [-0.39, 0.29) is 6.10 Å². The molecule has 70 valence electrons. The molecule has 1 aliphatic carbocycles. The lowest BCUT2D eigenvalue weighted by molar-refractivity contribution is 0.136. The summed E-state index contributed by atoms with van der Waals surface area (Å²) in [4.78, 5) is 2.58. The van der Waals surface area contributed by atoms with Crippen molar-refractivity contribution in [3.8, 4) is 0 Å². The van der Waals surface area contributed by atoms with Crippen LogP contribution < -0.4 is 0 Å². The highest BCUT2D eigenvalue weighted by Crippen LogP contribution is 2.26. The van der Waals surface area contributed by atoms with E-state index >= 15 is 0 Å². The molecular weight excluding hydrogens is 150 g/mol. The van der Waals surface area contributed by atoms with Crippen molar-refractivity contribution in [3.63, 3.8) is 0 Å². The van der Waals surface area contributed by atoms with E-state index in [1.807, 2.05) is 0 Å². The summed E-state index contributed by atoms with van der Waals surface area (Å²) in [7, 11) is 0. The molecule has 0 spiro atoms. The third-order valence-electron chi connectivity index (χ3n) is 3.28. The molecule has 1 aliphatic heterocycles. The summed E-state index contributed by atoms with van der Waals surface area (Å²) in [5.74, 6) is 0. The molecule has 0 radical (unpaired) electrons. The quantitative estimate of drug-likeness (QED) is 0.641. The number of aliphatic hydroxyl groups is 1. The Labute approximate surface area is 74.6 Å². The highest BCUT2D eigenvalue weighted by atomic mass is 16.3. The van der Waals surface area contributed by atoms with Crippen molar-refractivity contribution in [2.45, 2.75) is 50.7 Å². The number of aliphatic hydroxyl groups excluding tert-OH is 1. The first kappa shape index (κ1) is 8.52. The van der Waals surface area contributed by atoms with Gasteiger partial charge in [-0.15, -0.1) is 0 Å². The summed E-state index contributed by atoms with van der Waals surface area (Å²) in [5, 5.41) is 9.40. The van der Waals surface area contributed by atoms with Crippen LogP contribution in [0.1, 0.15) is 38.5 Å². The lowest BCUT2D eigenvalue weighted by Gasteiger charge is -2.32. The highest BCUT2D eigenvalue weighted by Gasteiger charge is 2.28. The molecule has 2 rings (SSSR count). The molecule has 1 saturated carbocycles. The molecular formula is C10H19NO. The summed E-state index contributed by atoms with van der Waals surface area (Å²) in [6.07, 6.45) is 7.42. The van der Waals surface area contributed by atoms with Gasteiger partial charge in [-0.2, -0.15) is 0 Å². The maximum atomic E-state index is 9.40. The summed E-state index contributed by atoms with van der Waals surface area (Å²) in [5.41, 5.74) is 0. The Balaban J connectivity index is 1.83. The van der Waals surface area contributed by atoms with Gasteiger partial charge in [0.1, 0.15) is 0 Å². The van der Waals surface area contributed by atoms with Crippen molar-refractivity contribution in [1.29, 1.82) is 0 Å². The summed E-state index contributed by atoms with van der Waals surface area (Å²) in [6.45, 7) is 2.55. The molecule has 1 saturated heterocycles. The van der Waals surface area contributed by atoms with Gasteiger partial charge in [-0.3, -0.25) is 0 Å². The fourth-order valence-electron chi connectivity index (χ4n) is 2.55. The second-order valence-corrected chi connectivity index (χ2v) is 4.22. The molecule has 0 aromatic rings. The number of hydrogen-bond donors (Lipinski definition) is 1. The maximum absolute atomic E-state index is 9.40. The van der Waals surface area contributed by atoms with Crippen LogP contribution in [0.25, 0.3) is 0 Å². The molecule has 0 aromatic carbocycles. The van der Waals surface area contributed by atoms with Crippen molar-refractivity contribution in [2.75, 3.05) is 13.1 Å². The lowest BCUT2D eigenvalue weighted by atomic mass is 10.1. The number of likely N-dealkylation sites (tertiary alicyclic amines) is 1. The van der Waals surface area contributed by atoms with Crippen LogP contribution in [0.15, 0.2) is 0 Å². The maximum Gasteiger partial charge on any atom is 0.0555 e. The predicted octanol–water partition coefficient (Wildman–Crippen LogP) is 1.39. The topological polar surface area (TPSA) is 23.5 Å². The van der Waals surface area contributed by atoms with Gasteiger partial charge >= 0.3 is 0 Å². The largest absolute Gasteiger partial charge is 0.393 e. The predicted molar refractivity (Wildman–Crippen MR) is 49.1 cm³/mol. The molecule has 1 heterocycles. The van der Waals surface area contributed by atoms with E-state index in [1.165, 1.54) is 38.8 Å². The van der Waals surface area contributed by atoms with Gasteiger partial charge in [-0.25, -0.2) is 0 Å². The third kappa shape index (κ3) is 1.80. The van der Waals surface area contributed by atoms with Crippen molar-refractivity contribution in [3.05, 3.63) is 0 Å². The third-order valence-corrected chi connectivity index (χ3v) is 3.28. The van der Waals surface area contributed by atoms with Gasteiger partial charge in [-0.1, -0.05) is 6.42 Å². The van der Waals surface area contributed by atoms with Gasteiger partial charge in [-0.05, 0) is 45.2 Å². The molecule has 1 N–H and O–H groups in total. The monoisotopic (exact) mass is 169 g/mol. The van der Waals surface area contributed by atoms with E-state index < -0.39 is 0 Å². The molecule has 0 amide bonds. The van der Waals surface area contributed by atoms with Gasteiger partial charge in [0, 0.05) is 6.04 Å². The normalized spacial score (nSPS) is 38.8. The molecule has 2 nitrogen and oxygen atoms in total. The highest BCUT2D eigenvalue weighted by molar-refractivity contribution is 4.83. The minimum Gasteiger partial charge on any atom is -0.393 e. The Morgan fingerprint density at radius 1 is 1.00 bits per heavy atom. The second-order valence-electron chi connectivity index (χ2n) is 4.22. The molecule has 2 fully saturated rings. The molecule has 2 heteroatoms. The van der Waals surface area contributed by atoms with Crippen LogP contribution in [0.3, 0.4) is 0 Å². The minimum absolute atomic E-state index is 0.00285. The molecule has 2 aliphatic rings. The minimum atomic E-state index is -0.00285. The van der Waals surface area contributed by atoms with Gasteiger partial charge < -0.3 is 10.0 Å². The summed E-state index contributed by atoms with van der Waals surface area (Å²) < 4.78 is 0. The summed E-state index contributed by atoms with van der Waals surface area (Å²) >= 11 is 0. The molecule has 0 unspecified atom stereocenters. The van der Waals surface area contributed by atoms with E-state index in [0.29, 0.717) is 6.04 Å². The van der Waals surface area contributed by atoms with E-state index in [0.717, 1.165) is 12.8 Å². The van der Waals surface area contributed by atoms with Crippen LogP contribution in [0.2, 0.25) is 0 Å². The Kier molecular flexibility index (Phi) is 2.66. The van der Waals surface area contributed by atoms with Gasteiger partial charge in [0.15, 0.2) is 0 Å². The molecule has 0 aromatic heterocycles. The van der Waals surface area contributed by atoms with Crippen LogP contribution in [-0.2, 0) is 0 Å². The van der Waals surface area contributed by atoms with E-state index in [2.05, 4.69) is 4.90 Å². The first-order valence-corrected chi connectivity index (χ1v) is 5.28. The summed E-state index contributed by atoms with van der Waals surface area (Å²) in [6, 6.07) is 0.709. The standard InChI is InChI=1S/C10H19NO/c12-10-5-4-9(8-10)11-6-2-1-3-7-11/h9-10,12H,1-8H2/t9-,10+/m1/s1. The van der Waals surface area contributed by atoms with Crippen LogP contribution in [0.4, 0.5) is 0 Å². The first-order chi connectivity index (χ1) is 5.86. The Bertz CT molecular complexity index is 140. The fourth-order valence-corrected chi connectivity index (χ4v) is 2.55. The smallest absolute Gasteiger partial charge is 0.0555 e. The zero-order valence-corrected chi connectivity index (χ0v) is 7.71. The number of nitrogens with zero attached hydrogens (tertiary/aromatic N) is 1. The van der Waals surface area contributed by atoms with Gasteiger partial charge in [0.05, 0.1) is 6.10 Å². The van der Waals surface area contributed by atoms with Crippen molar-refractivity contribution in [2.24, 2.45) is 0 Å². The van der Waals surface area contributed by atoms with E-state index in [4.69, 9.17) is 0 Å². The number of piperidine rings is 1. The van der Waals surface area contributed by atoms with Crippen molar-refractivity contribution < 1.29 is 5.11 Å².